The number of aromatic nitrogens is 3. The van der Waals surface area contributed by atoms with E-state index in [0.29, 0.717) is 11.0 Å². The first-order valence-corrected chi connectivity index (χ1v) is 10.1. The summed E-state index contributed by atoms with van der Waals surface area (Å²) < 4.78 is 0. The smallest absolute Gasteiger partial charge is 0.227 e. The lowest BCUT2D eigenvalue weighted by Gasteiger charge is -2.28. The number of aliphatic hydroxyl groups excluding tert-OH is 1. The molecular formula is C20H23N5OS. The SMILES string of the molecule is Cc1nc(CO)sc1-c1ccnc(Nc2ccc(N3CCCCC3)cc2)n1. The van der Waals surface area contributed by atoms with E-state index >= 15 is 0 Å². The van der Waals surface area contributed by atoms with Crippen molar-refractivity contribution in [2.75, 3.05) is 23.3 Å². The number of aliphatic hydroxyl groups is 1. The fourth-order valence-electron chi connectivity index (χ4n) is 3.34. The number of hydrogen-bond acceptors (Lipinski definition) is 7. The average molecular weight is 382 g/mol. The van der Waals surface area contributed by atoms with E-state index in [9.17, 15) is 5.11 Å². The molecular weight excluding hydrogens is 358 g/mol. The van der Waals surface area contributed by atoms with Crippen molar-refractivity contribution >= 4 is 28.7 Å². The molecule has 4 rings (SSSR count). The number of thiazole rings is 1. The molecule has 0 saturated carbocycles. The van der Waals surface area contributed by atoms with Crippen LogP contribution in [0, 0.1) is 6.92 Å². The van der Waals surface area contributed by atoms with Crippen molar-refractivity contribution < 1.29 is 5.11 Å². The molecule has 0 amide bonds. The van der Waals surface area contributed by atoms with Gasteiger partial charge in [0.25, 0.3) is 0 Å². The quantitative estimate of drug-likeness (QED) is 0.692. The number of anilines is 3. The van der Waals surface area contributed by atoms with Crippen LogP contribution in [0.2, 0.25) is 0 Å². The van der Waals surface area contributed by atoms with Crippen LogP contribution in [0.1, 0.15) is 30.0 Å². The third-order valence-corrected chi connectivity index (χ3v) is 5.87. The standard InChI is InChI=1S/C20H23N5OS/c1-14-19(27-18(13-26)22-14)17-9-10-21-20(24-17)23-15-5-7-16(8-6-15)25-11-3-2-4-12-25/h5-10,26H,2-4,11-13H2,1H3,(H,21,23,24). The van der Waals surface area contributed by atoms with Crippen LogP contribution in [0.5, 0.6) is 0 Å². The molecule has 2 N–H and O–H groups in total. The highest BCUT2D eigenvalue weighted by atomic mass is 32.1. The maximum Gasteiger partial charge on any atom is 0.227 e. The maximum absolute atomic E-state index is 9.29. The first kappa shape index (κ1) is 17.9. The van der Waals surface area contributed by atoms with Crippen molar-refractivity contribution in [1.82, 2.24) is 15.0 Å². The summed E-state index contributed by atoms with van der Waals surface area (Å²) in [6.45, 7) is 4.16. The Morgan fingerprint density at radius 1 is 1.07 bits per heavy atom. The molecule has 27 heavy (non-hydrogen) atoms. The second-order valence-electron chi connectivity index (χ2n) is 6.67. The first-order chi connectivity index (χ1) is 13.2. The normalized spacial score (nSPS) is 14.4. The van der Waals surface area contributed by atoms with E-state index in [-0.39, 0.29) is 6.61 Å². The predicted molar refractivity (Wildman–Crippen MR) is 110 cm³/mol. The second kappa shape index (κ2) is 8.02. The van der Waals surface area contributed by atoms with Crippen LogP contribution in [0.4, 0.5) is 17.3 Å². The van der Waals surface area contributed by atoms with Gasteiger partial charge in [0.15, 0.2) is 0 Å². The second-order valence-corrected chi connectivity index (χ2v) is 7.75. The largest absolute Gasteiger partial charge is 0.389 e. The van der Waals surface area contributed by atoms with Gasteiger partial charge >= 0.3 is 0 Å². The monoisotopic (exact) mass is 381 g/mol. The minimum Gasteiger partial charge on any atom is -0.389 e. The van der Waals surface area contributed by atoms with Crippen molar-refractivity contribution in [3.63, 3.8) is 0 Å². The highest BCUT2D eigenvalue weighted by molar-refractivity contribution is 7.15. The lowest BCUT2D eigenvalue weighted by molar-refractivity contribution is 0.281. The molecule has 0 spiro atoms. The van der Waals surface area contributed by atoms with Crippen molar-refractivity contribution in [2.45, 2.75) is 32.8 Å². The highest BCUT2D eigenvalue weighted by Gasteiger charge is 2.13. The van der Waals surface area contributed by atoms with Gasteiger partial charge in [-0.15, -0.1) is 11.3 Å². The molecule has 0 unspecified atom stereocenters. The molecule has 2 aromatic heterocycles. The number of piperidine rings is 1. The van der Waals surface area contributed by atoms with Gasteiger partial charge < -0.3 is 15.3 Å². The molecule has 1 fully saturated rings. The topological polar surface area (TPSA) is 74.2 Å². The molecule has 7 heteroatoms. The van der Waals surface area contributed by atoms with Crippen LogP contribution in [-0.2, 0) is 6.61 Å². The summed E-state index contributed by atoms with van der Waals surface area (Å²) in [4.78, 5) is 16.7. The van der Waals surface area contributed by atoms with Crippen LogP contribution in [0.25, 0.3) is 10.6 Å². The summed E-state index contributed by atoms with van der Waals surface area (Å²) in [6, 6.07) is 10.3. The number of hydrogen-bond donors (Lipinski definition) is 2. The van der Waals surface area contributed by atoms with Gasteiger partial charge in [-0.1, -0.05) is 0 Å². The molecule has 140 valence electrons. The summed E-state index contributed by atoms with van der Waals surface area (Å²) in [7, 11) is 0. The third-order valence-electron chi connectivity index (χ3n) is 4.71. The van der Waals surface area contributed by atoms with Gasteiger partial charge in [-0.05, 0) is 56.5 Å². The van der Waals surface area contributed by atoms with Crippen molar-refractivity contribution in [1.29, 1.82) is 0 Å². The molecule has 0 aliphatic carbocycles. The minimum absolute atomic E-state index is 0.0505. The Morgan fingerprint density at radius 2 is 1.85 bits per heavy atom. The van der Waals surface area contributed by atoms with Gasteiger partial charge in [-0.25, -0.2) is 15.0 Å². The molecule has 3 aromatic rings. The summed E-state index contributed by atoms with van der Waals surface area (Å²) in [6.07, 6.45) is 5.62. The van der Waals surface area contributed by atoms with Crippen molar-refractivity contribution in [3.8, 4) is 10.6 Å². The Labute approximate surface area is 162 Å². The van der Waals surface area contributed by atoms with Gasteiger partial charge in [-0.2, -0.15) is 0 Å². The van der Waals surface area contributed by atoms with Gasteiger partial charge in [0.1, 0.15) is 5.01 Å². The maximum atomic E-state index is 9.29. The van der Waals surface area contributed by atoms with Crippen LogP contribution in [-0.4, -0.2) is 33.1 Å². The Kier molecular flexibility index (Phi) is 5.31. The summed E-state index contributed by atoms with van der Waals surface area (Å²) >= 11 is 1.46. The van der Waals surface area contributed by atoms with E-state index in [1.165, 1.54) is 36.3 Å². The molecule has 0 radical (unpaired) electrons. The van der Waals surface area contributed by atoms with Crippen LogP contribution < -0.4 is 10.2 Å². The van der Waals surface area contributed by atoms with E-state index in [1.54, 1.807) is 6.20 Å². The summed E-state index contributed by atoms with van der Waals surface area (Å²) in [5, 5.41) is 13.3. The number of aryl methyl sites for hydroxylation is 1. The Balaban J connectivity index is 1.50. The molecule has 1 aliphatic rings. The minimum atomic E-state index is -0.0505. The fourth-order valence-corrected chi connectivity index (χ4v) is 4.23. The summed E-state index contributed by atoms with van der Waals surface area (Å²) in [5.41, 5.74) is 3.92. The zero-order valence-corrected chi connectivity index (χ0v) is 16.2. The lowest BCUT2D eigenvalue weighted by atomic mass is 10.1. The van der Waals surface area contributed by atoms with E-state index < -0.39 is 0 Å². The van der Waals surface area contributed by atoms with Gasteiger partial charge in [-0.3, -0.25) is 0 Å². The molecule has 1 saturated heterocycles. The Hall–Kier alpha value is -2.51. The lowest BCUT2D eigenvalue weighted by Crippen LogP contribution is -2.29. The van der Waals surface area contributed by atoms with Crippen molar-refractivity contribution in [2.24, 2.45) is 0 Å². The van der Waals surface area contributed by atoms with Gasteiger partial charge in [0, 0.05) is 30.7 Å². The van der Waals surface area contributed by atoms with Gasteiger partial charge in [0.05, 0.1) is 22.9 Å². The first-order valence-electron chi connectivity index (χ1n) is 9.25. The van der Waals surface area contributed by atoms with E-state index in [1.807, 2.05) is 13.0 Å². The van der Waals surface area contributed by atoms with Crippen LogP contribution >= 0.6 is 11.3 Å². The molecule has 6 nitrogen and oxygen atoms in total. The zero-order chi connectivity index (χ0) is 18.6. The highest BCUT2D eigenvalue weighted by Crippen LogP contribution is 2.29. The number of benzene rings is 1. The number of nitrogens with zero attached hydrogens (tertiary/aromatic N) is 4. The molecule has 1 aromatic carbocycles. The number of nitrogens with one attached hydrogen (secondary N) is 1. The Bertz CT molecular complexity index is 903. The van der Waals surface area contributed by atoms with Crippen LogP contribution in [0.3, 0.4) is 0 Å². The van der Waals surface area contributed by atoms with E-state index in [2.05, 4.69) is 49.4 Å². The van der Waals surface area contributed by atoms with Gasteiger partial charge in [0.2, 0.25) is 5.95 Å². The molecule has 0 bridgehead atoms. The molecule has 0 atom stereocenters. The van der Waals surface area contributed by atoms with E-state index in [4.69, 9.17) is 0 Å². The Morgan fingerprint density at radius 3 is 2.56 bits per heavy atom. The average Bonchev–Trinajstić information content (AvgIpc) is 3.10. The predicted octanol–water partition coefficient (Wildman–Crippen LogP) is 4.13. The van der Waals surface area contributed by atoms with Crippen molar-refractivity contribution in [3.05, 3.63) is 47.2 Å². The summed E-state index contributed by atoms with van der Waals surface area (Å²) in [5.74, 6) is 0.552. The molecule has 3 heterocycles. The fraction of sp³-hybridized carbons (Fsp3) is 0.350. The molecule has 1 aliphatic heterocycles. The zero-order valence-electron chi connectivity index (χ0n) is 15.4. The van der Waals surface area contributed by atoms with Crippen LogP contribution in [0.15, 0.2) is 36.5 Å². The third kappa shape index (κ3) is 4.09. The number of rotatable bonds is 5. The van der Waals surface area contributed by atoms with E-state index in [0.717, 1.165) is 35.0 Å².